The van der Waals surface area contributed by atoms with Gasteiger partial charge in [0, 0.05) is 31.4 Å². The molecule has 0 aromatic carbocycles. The van der Waals surface area contributed by atoms with Gasteiger partial charge < -0.3 is 31.1 Å². The van der Waals surface area contributed by atoms with E-state index < -0.39 is 95.7 Å². The van der Waals surface area contributed by atoms with Gasteiger partial charge >= 0.3 is 0 Å². The predicted molar refractivity (Wildman–Crippen MR) is 188 cm³/mol. The smallest absolute Gasteiger partial charge is 0.289 e. The lowest BCUT2D eigenvalue weighted by Crippen LogP contribution is -2.74. The standard InChI is InChI=1S/C37H53F2N7O6/c1-6-12-25(29(47)33(50)42-22-15-16-22)46-27-23(37(38,39)7-2)20-45(28(27)34(46)51)35(52)30(36(3,4)5)44-32(49)26(21-13-9-8-10-14-21)43-31(48)24-19-40-17-11-18-41-24/h11,17-19,21-23,25-28,30,41H,6-10,12-16,20H2,1-5H3,(H,42,50)(H,43,48)(H,44,49)/t23?,25?,26?,27?,28-,30?/m0/s1. The van der Waals surface area contributed by atoms with Crippen molar-refractivity contribution in [3.05, 3.63) is 24.2 Å². The monoisotopic (exact) mass is 729 g/mol. The average molecular weight is 730 g/mol. The number of hydrogen-bond donors (Lipinski definition) is 4. The van der Waals surface area contributed by atoms with Crippen LogP contribution in [0.25, 0.3) is 0 Å². The third-order valence-electron chi connectivity index (χ3n) is 11.0. The van der Waals surface area contributed by atoms with Crippen molar-refractivity contribution in [2.24, 2.45) is 22.2 Å². The number of allylic oxidation sites excluding steroid dienone is 1. The molecule has 0 radical (unpaired) electrons. The molecule has 2 saturated carbocycles. The Morgan fingerprint density at radius 2 is 1.71 bits per heavy atom. The van der Waals surface area contributed by atoms with E-state index in [2.05, 4.69) is 26.3 Å². The first-order valence-electron chi connectivity index (χ1n) is 18.7. The van der Waals surface area contributed by atoms with Crippen molar-refractivity contribution in [2.45, 2.75) is 141 Å². The van der Waals surface area contributed by atoms with Crippen LogP contribution in [0, 0.1) is 17.3 Å². The number of nitrogens with one attached hydrogen (secondary N) is 4. The number of fused-ring (bicyclic) bond motifs is 1. The lowest BCUT2D eigenvalue weighted by molar-refractivity contribution is -0.173. The van der Waals surface area contributed by atoms with Crippen molar-refractivity contribution in [1.29, 1.82) is 0 Å². The summed E-state index contributed by atoms with van der Waals surface area (Å²) in [6.07, 6.45) is 11.5. The molecule has 4 fully saturated rings. The van der Waals surface area contributed by atoms with Crippen molar-refractivity contribution in [3.63, 3.8) is 0 Å². The van der Waals surface area contributed by atoms with E-state index in [1.807, 2.05) is 0 Å². The number of halogens is 2. The van der Waals surface area contributed by atoms with E-state index in [0.717, 1.165) is 41.9 Å². The van der Waals surface area contributed by atoms with Gasteiger partial charge in [0.15, 0.2) is 0 Å². The number of carbonyl (C=O) groups excluding carboxylic acids is 6. The quantitative estimate of drug-likeness (QED) is 0.158. The molecule has 4 N–H and O–H groups in total. The fourth-order valence-corrected chi connectivity index (χ4v) is 7.86. The van der Waals surface area contributed by atoms with E-state index in [0.29, 0.717) is 19.3 Å². The molecule has 286 valence electrons. The first-order chi connectivity index (χ1) is 24.6. The molecule has 5 amide bonds. The van der Waals surface area contributed by atoms with Crippen LogP contribution >= 0.6 is 0 Å². The van der Waals surface area contributed by atoms with E-state index in [-0.39, 0.29) is 24.1 Å². The fourth-order valence-electron chi connectivity index (χ4n) is 7.86. The van der Waals surface area contributed by atoms with Crippen LogP contribution in [0.3, 0.4) is 0 Å². The van der Waals surface area contributed by atoms with Crippen LogP contribution in [0.1, 0.15) is 98.8 Å². The Hall–Kier alpha value is -4.17. The summed E-state index contributed by atoms with van der Waals surface area (Å²) in [5.41, 5.74) is -0.806. The first kappa shape index (κ1) is 39.0. The molecular weight excluding hydrogens is 676 g/mol. The zero-order valence-corrected chi connectivity index (χ0v) is 30.8. The summed E-state index contributed by atoms with van der Waals surface area (Å²) in [6, 6.07) is -6.08. The summed E-state index contributed by atoms with van der Waals surface area (Å²) in [6.45, 7) is 7.80. The van der Waals surface area contributed by atoms with Crippen LogP contribution in [0.4, 0.5) is 8.78 Å². The molecule has 52 heavy (non-hydrogen) atoms. The zero-order chi connectivity index (χ0) is 38.0. The van der Waals surface area contributed by atoms with Crippen LogP contribution in [0.15, 0.2) is 29.2 Å². The molecule has 6 atom stereocenters. The minimum atomic E-state index is -3.30. The molecule has 2 aliphatic carbocycles. The van der Waals surface area contributed by atoms with Crippen LogP contribution < -0.4 is 21.3 Å². The number of likely N-dealkylation sites (tertiary alicyclic amines) is 2. The second-order valence-corrected chi connectivity index (χ2v) is 15.8. The van der Waals surface area contributed by atoms with E-state index in [4.69, 9.17) is 0 Å². The highest BCUT2D eigenvalue weighted by molar-refractivity contribution is 6.38. The zero-order valence-electron chi connectivity index (χ0n) is 30.8. The molecule has 0 aromatic heterocycles. The van der Waals surface area contributed by atoms with Crippen molar-refractivity contribution in [1.82, 2.24) is 31.1 Å². The molecule has 5 rings (SSSR count). The first-order valence-corrected chi connectivity index (χ1v) is 18.7. The molecule has 13 nitrogen and oxygen atoms in total. The van der Waals surface area contributed by atoms with Crippen LogP contribution in [-0.2, 0) is 28.8 Å². The van der Waals surface area contributed by atoms with E-state index >= 15 is 8.78 Å². The number of rotatable bonds is 14. The van der Waals surface area contributed by atoms with E-state index in [9.17, 15) is 28.8 Å². The van der Waals surface area contributed by atoms with Gasteiger partial charge in [-0.2, -0.15) is 0 Å². The predicted octanol–water partition coefficient (Wildman–Crippen LogP) is 2.71. The third kappa shape index (κ3) is 8.22. The molecule has 0 bridgehead atoms. The van der Waals surface area contributed by atoms with Gasteiger partial charge in [0.05, 0.1) is 18.2 Å². The highest BCUT2D eigenvalue weighted by Crippen LogP contribution is 2.48. The minimum Gasteiger partial charge on any atom is -0.356 e. The molecular formula is C37H53F2N7O6. The van der Waals surface area contributed by atoms with Crippen molar-refractivity contribution >= 4 is 41.5 Å². The van der Waals surface area contributed by atoms with Crippen LogP contribution in [0.5, 0.6) is 0 Å². The van der Waals surface area contributed by atoms with Crippen LogP contribution in [0.2, 0.25) is 0 Å². The highest BCUT2D eigenvalue weighted by Gasteiger charge is 2.68. The normalized spacial score (nSPS) is 25.1. The van der Waals surface area contributed by atoms with Crippen molar-refractivity contribution in [2.75, 3.05) is 6.54 Å². The Morgan fingerprint density at radius 3 is 2.33 bits per heavy atom. The van der Waals surface area contributed by atoms with Gasteiger partial charge in [0.2, 0.25) is 23.5 Å². The van der Waals surface area contributed by atoms with Crippen LogP contribution in [-0.4, -0.2) is 100 Å². The molecule has 3 aliphatic heterocycles. The van der Waals surface area contributed by atoms with Crippen molar-refractivity contribution in [3.8, 4) is 0 Å². The summed E-state index contributed by atoms with van der Waals surface area (Å²) in [7, 11) is 0. The maximum Gasteiger partial charge on any atom is 0.289 e. The molecule has 15 heteroatoms. The Bertz CT molecular complexity index is 1510. The fraction of sp³-hybridized carbons (Fsp3) is 0.703. The number of β-lactam (4-membered cyclic amide) rings is 1. The van der Waals surface area contributed by atoms with Crippen molar-refractivity contribution < 1.29 is 37.5 Å². The molecule has 0 aromatic rings. The molecule has 0 spiro atoms. The summed E-state index contributed by atoms with van der Waals surface area (Å²) in [5.74, 6) is -9.23. The third-order valence-corrected chi connectivity index (χ3v) is 11.0. The van der Waals surface area contributed by atoms with Gasteiger partial charge in [-0.15, -0.1) is 0 Å². The lowest BCUT2D eigenvalue weighted by atomic mass is 9.80. The largest absolute Gasteiger partial charge is 0.356 e. The average Bonchev–Trinajstić information content (AvgIpc) is 3.91. The van der Waals surface area contributed by atoms with Gasteiger partial charge in [-0.25, -0.2) is 8.78 Å². The number of hydrogen-bond acceptors (Lipinski definition) is 8. The SMILES string of the molecule is CCCC(C(=O)C(=O)NC1CC1)N1C(=O)[C@@H]2C1C(C(F)(F)CC)CN2C(=O)C(NC(=O)C(NC(=O)C1=CN=CC=CN1)C1CCCCC1)C(C)(C)C. The number of alkyl halides is 2. The Labute approximate surface area is 303 Å². The number of ketones is 1. The number of aliphatic imine (C=N–C) groups is 1. The van der Waals surface area contributed by atoms with E-state index in [1.54, 1.807) is 33.8 Å². The topological polar surface area (TPSA) is 169 Å². The van der Waals surface area contributed by atoms with Gasteiger partial charge in [-0.05, 0) is 49.5 Å². The summed E-state index contributed by atoms with van der Waals surface area (Å²) in [4.78, 5) is 88.5. The Morgan fingerprint density at radius 1 is 1.02 bits per heavy atom. The summed E-state index contributed by atoms with van der Waals surface area (Å²) >= 11 is 0. The molecule has 3 heterocycles. The second-order valence-electron chi connectivity index (χ2n) is 15.8. The number of carbonyl (C=O) groups is 6. The lowest BCUT2D eigenvalue weighted by Gasteiger charge is -2.51. The van der Waals surface area contributed by atoms with Gasteiger partial charge in [0.25, 0.3) is 17.7 Å². The summed E-state index contributed by atoms with van der Waals surface area (Å²) < 4.78 is 31.5. The summed E-state index contributed by atoms with van der Waals surface area (Å²) in [5, 5.41) is 11.2. The minimum absolute atomic E-state index is 0.105. The number of Topliss-reactive ketones (excluding diaryl/α,β-unsaturated/α-hetero) is 1. The van der Waals surface area contributed by atoms with Gasteiger partial charge in [-0.3, -0.25) is 33.8 Å². The van der Waals surface area contributed by atoms with Gasteiger partial charge in [0.1, 0.15) is 29.9 Å². The Kier molecular flexibility index (Phi) is 11.9. The maximum absolute atomic E-state index is 15.7. The number of amides is 5. The molecule has 2 saturated heterocycles. The number of nitrogens with zero attached hydrogens (tertiary/aromatic N) is 3. The van der Waals surface area contributed by atoms with Gasteiger partial charge in [-0.1, -0.05) is 60.3 Å². The maximum atomic E-state index is 15.7. The second kappa shape index (κ2) is 15.8. The molecule has 5 unspecified atom stereocenters. The highest BCUT2D eigenvalue weighted by atomic mass is 19.3. The van der Waals surface area contributed by atoms with E-state index in [1.165, 1.54) is 25.5 Å². The Balaban J connectivity index is 1.41. The molecule has 5 aliphatic rings.